The molecule has 0 atom stereocenters. The molecule has 1 aromatic rings. The molecule has 0 aliphatic carbocycles. The van der Waals surface area contributed by atoms with Gasteiger partial charge >= 0.3 is 0 Å². The van der Waals surface area contributed by atoms with Gasteiger partial charge in [0, 0.05) is 18.9 Å². The van der Waals surface area contributed by atoms with Crippen LogP contribution >= 0.6 is 0 Å². The Labute approximate surface area is 144 Å². The summed E-state index contributed by atoms with van der Waals surface area (Å²) in [4.78, 5) is 0. The second-order valence-electron chi connectivity index (χ2n) is 6.65. The third-order valence-corrected chi connectivity index (χ3v) is 10.6. The Kier molecular flexibility index (Phi) is 8.40. The van der Waals surface area contributed by atoms with Gasteiger partial charge < -0.3 is 5.11 Å². The maximum atomic E-state index is 10.6. The fraction of sp³-hybridized carbons (Fsp3) is 0.667. The van der Waals surface area contributed by atoms with Crippen molar-refractivity contribution in [2.24, 2.45) is 0 Å². The van der Waals surface area contributed by atoms with Gasteiger partial charge in [0.25, 0.3) is 0 Å². The van der Waals surface area contributed by atoms with Crippen molar-refractivity contribution < 1.29 is 5.11 Å². The molecule has 1 radical (unpaired) electrons. The van der Waals surface area contributed by atoms with Gasteiger partial charge in [0.15, 0.2) is 0 Å². The Morgan fingerprint density at radius 3 is 1.43 bits per heavy atom. The van der Waals surface area contributed by atoms with Crippen LogP contribution in [0.1, 0.15) is 71.4 Å². The fourth-order valence-corrected chi connectivity index (χ4v) is 6.88. The summed E-state index contributed by atoms with van der Waals surface area (Å²) in [5.41, 5.74) is 2.27. The van der Waals surface area contributed by atoms with Gasteiger partial charge in [-0.15, -0.1) is 0 Å². The van der Waals surface area contributed by atoms with Gasteiger partial charge in [-0.1, -0.05) is 83.9 Å². The molecule has 115 valence electrons. The van der Waals surface area contributed by atoms with Crippen LogP contribution in [0.25, 0.3) is 0 Å². The van der Waals surface area contributed by atoms with Crippen LogP contribution in [0.2, 0.25) is 18.1 Å². The molecule has 0 heterocycles. The van der Waals surface area contributed by atoms with E-state index in [1.807, 2.05) is 0 Å². The van der Waals surface area contributed by atoms with Gasteiger partial charge in [-0.3, -0.25) is 0 Å². The summed E-state index contributed by atoms with van der Waals surface area (Å²) in [5.74, 6) is 1.29. The van der Waals surface area contributed by atoms with E-state index in [2.05, 4.69) is 60.6 Å². The molecular weight excluding hydrogens is 267 g/mol. The maximum absolute atomic E-state index is 10.6. The SMILES string of the molecule is CC[Si](CC)(CC)c1cc(C(C)C)c(O)c(C(C)C)c1.[Li]. The third-order valence-electron chi connectivity index (χ3n) is 5.06. The topological polar surface area (TPSA) is 20.2 Å². The molecule has 0 fully saturated rings. The molecule has 0 aliphatic heterocycles. The van der Waals surface area contributed by atoms with Gasteiger partial charge in [0.2, 0.25) is 0 Å². The van der Waals surface area contributed by atoms with Crippen molar-refractivity contribution in [2.45, 2.75) is 78.4 Å². The number of hydrogen-bond acceptors (Lipinski definition) is 1. The molecule has 3 heteroatoms. The van der Waals surface area contributed by atoms with Crippen molar-refractivity contribution in [3.63, 3.8) is 0 Å². The molecule has 0 aliphatic rings. The van der Waals surface area contributed by atoms with Crippen LogP contribution in [0.4, 0.5) is 0 Å². The molecule has 21 heavy (non-hydrogen) atoms. The molecule has 0 saturated heterocycles. The van der Waals surface area contributed by atoms with Crippen molar-refractivity contribution in [3.8, 4) is 5.75 Å². The van der Waals surface area contributed by atoms with Crippen molar-refractivity contribution in [2.75, 3.05) is 0 Å². The normalized spacial score (nSPS) is 11.9. The molecule has 0 unspecified atom stereocenters. The zero-order valence-electron chi connectivity index (χ0n) is 15.4. The predicted molar refractivity (Wildman–Crippen MR) is 98.9 cm³/mol. The predicted octanol–water partition coefficient (Wildman–Crippen LogP) is 4.97. The van der Waals surface area contributed by atoms with Crippen LogP contribution in [0.15, 0.2) is 12.1 Å². The summed E-state index contributed by atoms with van der Waals surface area (Å²) in [6.07, 6.45) is 0. The van der Waals surface area contributed by atoms with Crippen LogP contribution in [0.3, 0.4) is 0 Å². The van der Waals surface area contributed by atoms with E-state index < -0.39 is 8.07 Å². The fourth-order valence-electron chi connectivity index (χ4n) is 3.23. The molecule has 1 nitrogen and oxygen atoms in total. The zero-order chi connectivity index (χ0) is 15.5. The molecule has 1 aromatic carbocycles. The molecule has 1 N–H and O–H groups in total. The minimum Gasteiger partial charge on any atom is -0.507 e. The molecule has 0 saturated carbocycles. The first-order valence-corrected chi connectivity index (χ1v) is 10.8. The minimum atomic E-state index is -1.38. The number of benzene rings is 1. The van der Waals surface area contributed by atoms with Gasteiger partial charge in [-0.2, -0.15) is 0 Å². The second-order valence-corrected chi connectivity index (χ2v) is 11.9. The number of rotatable bonds is 6. The zero-order valence-corrected chi connectivity index (χ0v) is 16.4. The van der Waals surface area contributed by atoms with E-state index >= 15 is 0 Å². The smallest absolute Gasteiger partial charge is 0.122 e. The van der Waals surface area contributed by atoms with Crippen LogP contribution in [0, 0.1) is 0 Å². The molecular formula is C18H32LiOSi. The first-order valence-electron chi connectivity index (χ1n) is 8.20. The van der Waals surface area contributed by atoms with Crippen molar-refractivity contribution >= 4 is 32.1 Å². The number of phenolic OH excluding ortho intramolecular Hbond substituents is 1. The Hall–Kier alpha value is -0.166. The Balaban J connectivity index is 0.00000400. The van der Waals surface area contributed by atoms with E-state index in [0.29, 0.717) is 17.6 Å². The third kappa shape index (κ3) is 4.18. The van der Waals surface area contributed by atoms with Crippen LogP contribution < -0.4 is 5.19 Å². The van der Waals surface area contributed by atoms with Crippen LogP contribution in [-0.4, -0.2) is 32.0 Å². The Bertz CT molecular complexity index is 413. The van der Waals surface area contributed by atoms with Crippen LogP contribution in [0.5, 0.6) is 5.75 Å². The van der Waals surface area contributed by atoms with E-state index in [1.165, 1.54) is 18.1 Å². The van der Waals surface area contributed by atoms with E-state index in [4.69, 9.17) is 0 Å². The van der Waals surface area contributed by atoms with Gasteiger partial charge in [-0.25, -0.2) is 0 Å². The quantitative estimate of drug-likeness (QED) is 0.735. The van der Waals surface area contributed by atoms with Gasteiger partial charge in [0.1, 0.15) is 5.75 Å². The number of hydrogen-bond donors (Lipinski definition) is 1. The summed E-state index contributed by atoms with van der Waals surface area (Å²) in [7, 11) is -1.38. The number of aromatic hydroxyl groups is 1. The Morgan fingerprint density at radius 1 is 0.857 bits per heavy atom. The average Bonchev–Trinajstić information content (AvgIpc) is 2.41. The maximum Gasteiger partial charge on any atom is 0.122 e. The van der Waals surface area contributed by atoms with E-state index in [1.54, 1.807) is 5.19 Å². The summed E-state index contributed by atoms with van der Waals surface area (Å²) < 4.78 is 0. The van der Waals surface area contributed by atoms with Crippen molar-refractivity contribution in [1.82, 2.24) is 0 Å². The molecule has 0 amide bonds. The van der Waals surface area contributed by atoms with E-state index in [9.17, 15) is 5.11 Å². The van der Waals surface area contributed by atoms with Crippen molar-refractivity contribution in [3.05, 3.63) is 23.3 Å². The standard InChI is InChI=1S/C18H32OSi.Li/c1-8-20(9-2,10-3)15-11-16(13(4)5)18(19)17(12-15)14(6)7;/h11-14,19H,8-10H2,1-7H3;. The number of phenols is 1. The van der Waals surface area contributed by atoms with E-state index in [0.717, 1.165) is 11.1 Å². The van der Waals surface area contributed by atoms with E-state index in [-0.39, 0.29) is 18.9 Å². The summed E-state index contributed by atoms with van der Waals surface area (Å²) in [6, 6.07) is 8.50. The monoisotopic (exact) mass is 299 g/mol. The average molecular weight is 299 g/mol. The Morgan fingerprint density at radius 2 is 1.19 bits per heavy atom. The molecule has 0 bridgehead atoms. The molecule has 0 aromatic heterocycles. The van der Waals surface area contributed by atoms with Gasteiger partial charge in [-0.05, 0) is 23.0 Å². The van der Waals surface area contributed by atoms with Crippen LogP contribution in [-0.2, 0) is 0 Å². The first kappa shape index (κ1) is 20.8. The first-order chi connectivity index (χ1) is 9.32. The summed E-state index contributed by atoms with van der Waals surface area (Å²) in [5, 5.41) is 12.1. The molecule has 1 rings (SSSR count). The summed E-state index contributed by atoms with van der Waals surface area (Å²) >= 11 is 0. The van der Waals surface area contributed by atoms with Crippen molar-refractivity contribution in [1.29, 1.82) is 0 Å². The molecule has 0 spiro atoms. The minimum absolute atomic E-state index is 0. The largest absolute Gasteiger partial charge is 0.507 e. The second kappa shape index (κ2) is 8.46. The summed E-state index contributed by atoms with van der Waals surface area (Å²) in [6.45, 7) is 15.7. The van der Waals surface area contributed by atoms with Gasteiger partial charge in [0.05, 0.1) is 8.07 Å².